The first kappa shape index (κ1) is 22.3. The zero-order valence-electron chi connectivity index (χ0n) is 18.8. The molecule has 176 valence electrons. The second-order valence-corrected chi connectivity index (χ2v) is 9.07. The molecule has 4 aromatic rings. The molecule has 5 rings (SSSR count). The lowest BCUT2D eigenvalue weighted by molar-refractivity contribution is 0.0538. The van der Waals surface area contributed by atoms with E-state index in [4.69, 9.17) is 16.0 Å². The van der Waals surface area contributed by atoms with Crippen LogP contribution in [-0.4, -0.2) is 49.9 Å². The Labute approximate surface area is 200 Å². The van der Waals surface area contributed by atoms with Gasteiger partial charge in [-0.1, -0.05) is 18.5 Å². The molecule has 0 aliphatic carbocycles. The molecule has 1 aliphatic rings. The summed E-state index contributed by atoms with van der Waals surface area (Å²) in [6.07, 6.45) is 4.91. The first-order valence-corrected chi connectivity index (χ1v) is 11.6. The van der Waals surface area contributed by atoms with Gasteiger partial charge in [0.25, 0.3) is 11.9 Å². The Morgan fingerprint density at radius 2 is 2.06 bits per heavy atom. The van der Waals surface area contributed by atoms with Crippen molar-refractivity contribution in [3.63, 3.8) is 0 Å². The Bertz CT molecular complexity index is 1340. The van der Waals surface area contributed by atoms with E-state index in [1.165, 1.54) is 29.3 Å². The van der Waals surface area contributed by atoms with Gasteiger partial charge < -0.3 is 14.6 Å². The topological polar surface area (TPSA) is 89.1 Å². The SMILES string of the molecule is Cc1cc(F)cc(C(=O)N2CCCC(C)C2CNc2nc3ccc(Cl)cc3o2)c1-n1nccn1. The molecule has 1 amide bonds. The van der Waals surface area contributed by atoms with Gasteiger partial charge in [0.1, 0.15) is 17.0 Å². The molecule has 2 aromatic carbocycles. The Morgan fingerprint density at radius 3 is 2.85 bits per heavy atom. The fourth-order valence-corrected chi connectivity index (χ4v) is 4.79. The van der Waals surface area contributed by atoms with Crippen molar-refractivity contribution in [3.05, 3.63) is 64.7 Å². The number of fused-ring (bicyclic) bond motifs is 1. The number of nitrogens with zero attached hydrogens (tertiary/aromatic N) is 5. The minimum Gasteiger partial charge on any atom is -0.424 e. The zero-order chi connectivity index (χ0) is 23.8. The number of carbonyl (C=O) groups excluding carboxylic acids is 1. The number of hydrogen-bond donors (Lipinski definition) is 1. The Kier molecular flexibility index (Phi) is 5.95. The number of likely N-dealkylation sites (tertiary alicyclic amines) is 1. The van der Waals surface area contributed by atoms with Crippen molar-refractivity contribution in [3.8, 4) is 5.69 Å². The first-order chi connectivity index (χ1) is 16.4. The van der Waals surface area contributed by atoms with E-state index in [0.29, 0.717) is 46.5 Å². The summed E-state index contributed by atoms with van der Waals surface area (Å²) in [6, 6.07) is 8.14. The van der Waals surface area contributed by atoms with Crippen LogP contribution in [0, 0.1) is 18.7 Å². The second-order valence-electron chi connectivity index (χ2n) is 8.63. The minimum absolute atomic E-state index is 0.137. The minimum atomic E-state index is -0.471. The third kappa shape index (κ3) is 4.23. The number of hydrogen-bond acceptors (Lipinski definition) is 6. The molecule has 0 spiro atoms. The van der Waals surface area contributed by atoms with Gasteiger partial charge in [-0.05, 0) is 55.5 Å². The highest BCUT2D eigenvalue weighted by atomic mass is 35.5. The summed E-state index contributed by atoms with van der Waals surface area (Å²) in [7, 11) is 0. The summed E-state index contributed by atoms with van der Waals surface area (Å²) < 4.78 is 20.2. The van der Waals surface area contributed by atoms with Gasteiger partial charge in [0.05, 0.1) is 24.0 Å². The quantitative estimate of drug-likeness (QED) is 0.437. The van der Waals surface area contributed by atoms with Gasteiger partial charge in [-0.2, -0.15) is 20.0 Å². The molecule has 10 heteroatoms. The van der Waals surface area contributed by atoms with Crippen molar-refractivity contribution in [1.82, 2.24) is 24.9 Å². The van der Waals surface area contributed by atoms with Crippen LogP contribution in [-0.2, 0) is 0 Å². The number of aryl methyl sites for hydroxylation is 1. The Morgan fingerprint density at radius 1 is 1.26 bits per heavy atom. The monoisotopic (exact) mass is 482 g/mol. The third-order valence-electron chi connectivity index (χ3n) is 6.30. The Hall–Kier alpha value is -3.46. The first-order valence-electron chi connectivity index (χ1n) is 11.2. The van der Waals surface area contributed by atoms with E-state index in [-0.39, 0.29) is 23.4 Å². The lowest BCUT2D eigenvalue weighted by Gasteiger charge is -2.40. The maximum Gasteiger partial charge on any atom is 0.295 e. The average Bonchev–Trinajstić information content (AvgIpc) is 3.46. The highest BCUT2D eigenvalue weighted by Crippen LogP contribution is 2.29. The highest BCUT2D eigenvalue weighted by Gasteiger charge is 2.34. The standard InChI is InChI=1S/C24H24ClFN6O2/c1-14-4-3-9-31(20(14)13-27-24-30-19-6-5-16(25)11-21(19)34-24)23(33)18-12-17(26)10-15(2)22(18)32-28-7-8-29-32/h5-8,10-12,14,20H,3-4,9,13H2,1-2H3,(H,27,30). The molecule has 0 saturated carbocycles. The molecule has 2 atom stereocenters. The van der Waals surface area contributed by atoms with Crippen LogP contribution < -0.4 is 5.32 Å². The highest BCUT2D eigenvalue weighted by molar-refractivity contribution is 6.31. The van der Waals surface area contributed by atoms with E-state index in [1.807, 2.05) is 4.90 Å². The number of benzene rings is 2. The number of halogens is 2. The number of oxazole rings is 1. The number of rotatable bonds is 5. The normalized spacial score (nSPS) is 18.4. The smallest absolute Gasteiger partial charge is 0.295 e. The number of carbonyl (C=O) groups is 1. The van der Waals surface area contributed by atoms with Gasteiger partial charge >= 0.3 is 0 Å². The average molecular weight is 483 g/mol. The van der Waals surface area contributed by atoms with Crippen molar-refractivity contribution < 1.29 is 13.6 Å². The van der Waals surface area contributed by atoms with Crippen molar-refractivity contribution in [2.45, 2.75) is 32.7 Å². The predicted octanol–water partition coefficient (Wildman–Crippen LogP) is 4.86. The maximum absolute atomic E-state index is 14.4. The lowest BCUT2D eigenvalue weighted by Crippen LogP contribution is -2.51. The summed E-state index contributed by atoms with van der Waals surface area (Å²) in [5, 5.41) is 12.2. The van der Waals surface area contributed by atoms with Crippen molar-refractivity contribution >= 4 is 34.6 Å². The summed E-state index contributed by atoms with van der Waals surface area (Å²) >= 11 is 6.04. The fraction of sp³-hybridized carbons (Fsp3) is 0.333. The largest absolute Gasteiger partial charge is 0.424 e. The maximum atomic E-state index is 14.4. The molecule has 1 fully saturated rings. The van der Waals surface area contributed by atoms with Gasteiger partial charge in [0, 0.05) is 24.2 Å². The van der Waals surface area contributed by atoms with Crippen LogP contribution in [0.15, 0.2) is 47.1 Å². The van der Waals surface area contributed by atoms with Crippen LogP contribution >= 0.6 is 11.6 Å². The Balaban J connectivity index is 1.43. The molecular weight excluding hydrogens is 459 g/mol. The van der Waals surface area contributed by atoms with E-state index < -0.39 is 5.82 Å². The number of nitrogens with one attached hydrogen (secondary N) is 1. The second kappa shape index (κ2) is 9.06. The van der Waals surface area contributed by atoms with Crippen LogP contribution in [0.5, 0.6) is 0 Å². The molecule has 2 unspecified atom stereocenters. The van der Waals surface area contributed by atoms with E-state index in [9.17, 15) is 9.18 Å². The molecule has 1 aliphatic heterocycles. The van der Waals surface area contributed by atoms with Crippen LogP contribution in [0.2, 0.25) is 5.02 Å². The molecule has 0 bridgehead atoms. The van der Waals surface area contributed by atoms with Crippen molar-refractivity contribution in [2.24, 2.45) is 5.92 Å². The van der Waals surface area contributed by atoms with Crippen molar-refractivity contribution in [2.75, 3.05) is 18.4 Å². The number of piperidine rings is 1. The van der Waals surface area contributed by atoms with E-state index in [2.05, 4.69) is 27.4 Å². The zero-order valence-corrected chi connectivity index (χ0v) is 19.6. The molecule has 1 saturated heterocycles. The van der Waals surface area contributed by atoms with Crippen LogP contribution in [0.1, 0.15) is 35.7 Å². The molecule has 1 N–H and O–H groups in total. The van der Waals surface area contributed by atoms with Crippen molar-refractivity contribution in [1.29, 1.82) is 0 Å². The third-order valence-corrected chi connectivity index (χ3v) is 6.54. The van der Waals surface area contributed by atoms with Crippen LogP contribution in [0.3, 0.4) is 0 Å². The van der Waals surface area contributed by atoms with E-state index in [1.54, 1.807) is 25.1 Å². The van der Waals surface area contributed by atoms with Gasteiger partial charge in [-0.3, -0.25) is 4.79 Å². The summed E-state index contributed by atoms with van der Waals surface area (Å²) in [5.41, 5.74) is 2.60. The van der Waals surface area contributed by atoms with E-state index >= 15 is 0 Å². The van der Waals surface area contributed by atoms with Gasteiger partial charge in [-0.25, -0.2) is 4.39 Å². The van der Waals surface area contributed by atoms with Crippen LogP contribution in [0.25, 0.3) is 16.8 Å². The van der Waals surface area contributed by atoms with Gasteiger partial charge in [0.15, 0.2) is 5.58 Å². The summed E-state index contributed by atoms with van der Waals surface area (Å²) in [6.45, 7) is 4.87. The molecule has 34 heavy (non-hydrogen) atoms. The number of amides is 1. The number of anilines is 1. The lowest BCUT2D eigenvalue weighted by atomic mass is 9.89. The summed E-state index contributed by atoms with van der Waals surface area (Å²) in [4.78, 5) is 21.4. The molecule has 3 heterocycles. The fourth-order valence-electron chi connectivity index (χ4n) is 4.63. The molecular formula is C24H24ClFN6O2. The number of aromatic nitrogens is 4. The molecule has 8 nitrogen and oxygen atoms in total. The molecule has 0 radical (unpaired) electrons. The van der Waals surface area contributed by atoms with Crippen LogP contribution in [0.4, 0.5) is 10.4 Å². The van der Waals surface area contributed by atoms with E-state index in [0.717, 1.165) is 12.8 Å². The molecule has 2 aromatic heterocycles. The predicted molar refractivity (Wildman–Crippen MR) is 127 cm³/mol. The van der Waals surface area contributed by atoms with Gasteiger partial charge in [0.2, 0.25) is 0 Å². The summed E-state index contributed by atoms with van der Waals surface area (Å²) in [5.74, 6) is -0.496. The van der Waals surface area contributed by atoms with Gasteiger partial charge in [-0.15, -0.1) is 0 Å².